The third-order valence-corrected chi connectivity index (χ3v) is 3.36. The van der Waals surface area contributed by atoms with Crippen LogP contribution in [0.5, 0.6) is 11.5 Å². The highest BCUT2D eigenvalue weighted by atomic mass is 79.9. The van der Waals surface area contributed by atoms with Crippen LogP contribution in [0.25, 0.3) is 0 Å². The minimum atomic E-state index is -1.11. The Morgan fingerprint density at radius 3 is 2.40 bits per heavy atom. The number of hydrogen-bond donors (Lipinski definition) is 2. The number of amidine groups is 1. The van der Waals surface area contributed by atoms with Gasteiger partial charge in [-0.2, -0.15) is 4.39 Å². The van der Waals surface area contributed by atoms with Crippen LogP contribution >= 0.6 is 31.9 Å². The topological polar surface area (TPSA) is 59.1 Å². The van der Waals surface area contributed by atoms with E-state index in [9.17, 15) is 8.78 Å². The normalized spacial score (nSPS) is 10.4. The van der Waals surface area contributed by atoms with E-state index in [0.717, 1.165) is 6.07 Å². The quantitative estimate of drug-likeness (QED) is 0.446. The maximum absolute atomic E-state index is 13.7. The minimum Gasteiger partial charge on any atom is -0.453 e. The Bertz CT molecular complexity index is 692. The molecule has 0 saturated heterocycles. The first kappa shape index (κ1) is 14.9. The molecule has 104 valence electrons. The minimum absolute atomic E-state index is 0.164. The lowest BCUT2D eigenvalue weighted by Gasteiger charge is -2.12. The van der Waals surface area contributed by atoms with Crippen LogP contribution in [0.15, 0.2) is 39.3 Å². The summed E-state index contributed by atoms with van der Waals surface area (Å²) in [6, 6.07) is 7.01. The first-order valence-electron chi connectivity index (χ1n) is 5.35. The van der Waals surface area contributed by atoms with Crippen molar-refractivity contribution in [2.75, 3.05) is 0 Å². The van der Waals surface area contributed by atoms with E-state index < -0.39 is 11.6 Å². The lowest BCUT2D eigenvalue weighted by molar-refractivity contribution is 0.415. The molecule has 2 aromatic rings. The van der Waals surface area contributed by atoms with Crippen LogP contribution in [-0.4, -0.2) is 5.84 Å². The summed E-state index contributed by atoms with van der Waals surface area (Å²) in [7, 11) is 0. The molecular weight excluding hydrogens is 398 g/mol. The molecule has 3 N–H and O–H groups in total. The van der Waals surface area contributed by atoms with Gasteiger partial charge in [-0.1, -0.05) is 31.9 Å². The molecule has 20 heavy (non-hydrogen) atoms. The van der Waals surface area contributed by atoms with Crippen LogP contribution < -0.4 is 10.5 Å². The van der Waals surface area contributed by atoms with Crippen molar-refractivity contribution in [3.63, 3.8) is 0 Å². The van der Waals surface area contributed by atoms with Gasteiger partial charge in [0.1, 0.15) is 11.6 Å². The summed E-state index contributed by atoms with van der Waals surface area (Å²) in [5.74, 6) is -2.50. The lowest BCUT2D eigenvalue weighted by atomic mass is 10.2. The molecule has 3 nitrogen and oxygen atoms in total. The van der Waals surface area contributed by atoms with Crippen LogP contribution in [0.4, 0.5) is 8.78 Å². The highest BCUT2D eigenvalue weighted by molar-refractivity contribution is 9.10. The molecule has 0 unspecified atom stereocenters. The van der Waals surface area contributed by atoms with Crippen molar-refractivity contribution in [1.29, 1.82) is 5.41 Å². The van der Waals surface area contributed by atoms with Gasteiger partial charge >= 0.3 is 0 Å². The predicted molar refractivity (Wildman–Crippen MR) is 79.3 cm³/mol. The van der Waals surface area contributed by atoms with E-state index in [4.69, 9.17) is 15.9 Å². The molecule has 0 atom stereocenters. The molecule has 2 aromatic carbocycles. The summed E-state index contributed by atoms with van der Waals surface area (Å²) in [5.41, 5.74) is 5.72. The summed E-state index contributed by atoms with van der Waals surface area (Å²) >= 11 is 6.30. The molecule has 0 bridgehead atoms. The fraction of sp³-hybridized carbons (Fsp3) is 0. The Kier molecular flexibility index (Phi) is 4.39. The van der Waals surface area contributed by atoms with Gasteiger partial charge in [0.25, 0.3) is 0 Å². The molecule has 0 radical (unpaired) electrons. The maximum atomic E-state index is 13.7. The molecule has 0 amide bonds. The average molecular weight is 406 g/mol. The molecule has 0 aromatic heterocycles. The Morgan fingerprint density at radius 2 is 1.75 bits per heavy atom. The summed E-state index contributed by atoms with van der Waals surface area (Å²) < 4.78 is 33.3. The monoisotopic (exact) mass is 404 g/mol. The lowest BCUT2D eigenvalue weighted by Crippen LogP contribution is -2.12. The van der Waals surface area contributed by atoms with E-state index in [1.165, 1.54) is 12.1 Å². The van der Waals surface area contributed by atoms with Gasteiger partial charge in [0.2, 0.25) is 5.82 Å². The van der Waals surface area contributed by atoms with Gasteiger partial charge in [-0.05, 0) is 30.3 Å². The molecule has 0 spiro atoms. The van der Waals surface area contributed by atoms with Crippen LogP contribution in [-0.2, 0) is 0 Å². The number of hydrogen-bond acceptors (Lipinski definition) is 2. The number of nitrogens with one attached hydrogen (secondary N) is 1. The number of ether oxygens (including phenoxy) is 1. The van der Waals surface area contributed by atoms with Crippen molar-refractivity contribution in [2.24, 2.45) is 5.73 Å². The maximum Gasteiger partial charge on any atom is 0.201 e. The van der Waals surface area contributed by atoms with Crippen LogP contribution in [0.3, 0.4) is 0 Å². The molecule has 0 heterocycles. The van der Waals surface area contributed by atoms with Gasteiger partial charge in [0.15, 0.2) is 11.6 Å². The van der Waals surface area contributed by atoms with Crippen molar-refractivity contribution in [3.8, 4) is 11.5 Å². The number of halogens is 4. The summed E-state index contributed by atoms with van der Waals surface area (Å²) in [5, 5.41) is 7.48. The third kappa shape index (κ3) is 3.16. The Labute approximate surface area is 130 Å². The van der Waals surface area contributed by atoms with Gasteiger partial charge in [-0.15, -0.1) is 0 Å². The standard InChI is InChI=1S/C13H8Br2F2N2O/c14-6-1-2-10(8(3-6)13(18)19)20-11-5-7(15)4-9(16)12(11)17/h1-5H,(H3,18,19). The highest BCUT2D eigenvalue weighted by Crippen LogP contribution is 2.32. The van der Waals surface area contributed by atoms with E-state index >= 15 is 0 Å². The van der Waals surface area contributed by atoms with Crippen molar-refractivity contribution < 1.29 is 13.5 Å². The number of nitrogen functional groups attached to an aromatic ring is 1. The average Bonchev–Trinajstić information content (AvgIpc) is 2.37. The molecule has 0 aliphatic rings. The first-order valence-corrected chi connectivity index (χ1v) is 6.93. The number of nitrogens with two attached hydrogens (primary N) is 1. The highest BCUT2D eigenvalue weighted by Gasteiger charge is 2.15. The second-order valence-corrected chi connectivity index (χ2v) is 5.69. The van der Waals surface area contributed by atoms with Gasteiger partial charge in [0, 0.05) is 8.95 Å². The molecule has 0 saturated carbocycles. The van der Waals surface area contributed by atoms with Crippen LogP contribution in [0.2, 0.25) is 0 Å². The van der Waals surface area contributed by atoms with E-state index in [0.29, 0.717) is 8.95 Å². The molecule has 0 fully saturated rings. The molecule has 7 heteroatoms. The predicted octanol–water partition coefficient (Wildman–Crippen LogP) is 4.57. The van der Waals surface area contributed by atoms with E-state index in [1.807, 2.05) is 0 Å². The smallest absolute Gasteiger partial charge is 0.201 e. The third-order valence-electron chi connectivity index (χ3n) is 2.41. The first-order chi connectivity index (χ1) is 9.38. The van der Waals surface area contributed by atoms with E-state index in [1.54, 1.807) is 12.1 Å². The molecule has 0 aliphatic carbocycles. The van der Waals surface area contributed by atoms with Gasteiger partial charge < -0.3 is 10.5 Å². The van der Waals surface area contributed by atoms with Crippen LogP contribution in [0.1, 0.15) is 5.56 Å². The largest absolute Gasteiger partial charge is 0.453 e. The zero-order valence-electron chi connectivity index (χ0n) is 9.88. The summed E-state index contributed by atoms with van der Waals surface area (Å²) in [6.45, 7) is 0. The number of benzene rings is 2. The SMILES string of the molecule is N=C(N)c1cc(Br)ccc1Oc1cc(Br)cc(F)c1F. The molecule has 2 rings (SSSR count). The summed E-state index contributed by atoms with van der Waals surface area (Å²) in [4.78, 5) is 0. The number of rotatable bonds is 3. The zero-order chi connectivity index (χ0) is 14.9. The second-order valence-electron chi connectivity index (χ2n) is 3.86. The Hall–Kier alpha value is -1.47. The van der Waals surface area contributed by atoms with Crippen molar-refractivity contribution in [1.82, 2.24) is 0 Å². The fourth-order valence-electron chi connectivity index (χ4n) is 1.53. The van der Waals surface area contributed by atoms with Gasteiger partial charge in [-0.3, -0.25) is 5.41 Å². The van der Waals surface area contributed by atoms with E-state index in [2.05, 4.69) is 31.9 Å². The van der Waals surface area contributed by atoms with E-state index in [-0.39, 0.29) is 22.9 Å². The Morgan fingerprint density at radius 1 is 1.05 bits per heavy atom. The Balaban J connectivity index is 2.48. The van der Waals surface area contributed by atoms with Crippen molar-refractivity contribution in [3.05, 3.63) is 56.5 Å². The van der Waals surface area contributed by atoms with Gasteiger partial charge in [0.05, 0.1) is 5.56 Å². The van der Waals surface area contributed by atoms with Crippen LogP contribution in [0, 0.1) is 17.0 Å². The molecular formula is C13H8Br2F2N2O. The van der Waals surface area contributed by atoms with Gasteiger partial charge in [-0.25, -0.2) is 4.39 Å². The zero-order valence-corrected chi connectivity index (χ0v) is 13.1. The van der Waals surface area contributed by atoms with Crippen molar-refractivity contribution >= 4 is 37.7 Å². The summed E-state index contributed by atoms with van der Waals surface area (Å²) in [6.07, 6.45) is 0. The fourth-order valence-corrected chi connectivity index (χ4v) is 2.30. The van der Waals surface area contributed by atoms with Crippen molar-refractivity contribution in [2.45, 2.75) is 0 Å². The second kappa shape index (κ2) is 5.88. The molecule has 0 aliphatic heterocycles.